The second-order valence-corrected chi connectivity index (χ2v) is 15.3. The fourth-order valence-electron chi connectivity index (χ4n) is 8.51. The van der Waals surface area contributed by atoms with Gasteiger partial charge in [-0.15, -0.1) is 11.3 Å². The molecular formula is C35H36F3N9OS. The number of alkyl halides is 3. The molecule has 4 aliphatic rings. The van der Waals surface area contributed by atoms with Crippen LogP contribution in [0.2, 0.25) is 0 Å². The standard InChI is InChI=1S/C35H36F3N9OS/c1-20-22(14-46-7-5-23(6-8-46)44-30-27-10-25(11-35(36,37)38)49-32(27)43-19-42-30)3-4-29-26(20)9-24(12-39)47(29)17-33-15-34(16-33,21(33)2)45-31(48)28-13-40-18-41-28/h3-4,9-10,13,18-19,21,23H,5-8,11,14-17H2,1-2H3,(H,40,41)(H,45,48)(H,42,43,44)/t21-,33?,34?/m0/s1. The molecule has 3 aliphatic carbocycles. The molecule has 9 rings (SSSR count). The summed E-state index contributed by atoms with van der Waals surface area (Å²) < 4.78 is 41.1. The van der Waals surface area contributed by atoms with E-state index in [1.54, 1.807) is 6.07 Å². The first-order valence-electron chi connectivity index (χ1n) is 16.6. The van der Waals surface area contributed by atoms with Crippen LogP contribution in [0.3, 0.4) is 0 Å². The molecule has 5 aromatic rings. The van der Waals surface area contributed by atoms with Crippen LogP contribution in [0.1, 0.15) is 64.8 Å². The van der Waals surface area contributed by atoms with Crippen LogP contribution in [0.5, 0.6) is 0 Å². The average Bonchev–Trinajstić information content (AvgIpc) is 3.81. The number of aryl methyl sites for hydroxylation is 1. The van der Waals surface area contributed by atoms with Crippen molar-refractivity contribution >= 4 is 44.2 Å². The van der Waals surface area contributed by atoms with Gasteiger partial charge in [-0.05, 0) is 73.3 Å². The van der Waals surface area contributed by atoms with E-state index < -0.39 is 12.6 Å². The molecular weight excluding hydrogens is 652 g/mol. The third-order valence-electron chi connectivity index (χ3n) is 11.3. The number of imidazole rings is 1. The number of hydrogen-bond donors (Lipinski definition) is 3. The quantitative estimate of drug-likeness (QED) is 0.165. The lowest BCUT2D eigenvalue weighted by molar-refractivity contribution is -0.223. The third-order valence-corrected chi connectivity index (χ3v) is 12.4. The minimum absolute atomic E-state index is 0.0517. The van der Waals surface area contributed by atoms with Crippen molar-refractivity contribution in [3.05, 3.63) is 70.5 Å². The van der Waals surface area contributed by atoms with Gasteiger partial charge in [-0.25, -0.2) is 15.0 Å². The van der Waals surface area contributed by atoms with Crippen molar-refractivity contribution in [1.82, 2.24) is 34.7 Å². The minimum atomic E-state index is -4.26. The monoisotopic (exact) mass is 687 g/mol. The Balaban J connectivity index is 0.910. The van der Waals surface area contributed by atoms with Gasteiger partial charge >= 0.3 is 6.18 Å². The normalized spacial score (nSPS) is 24.0. The molecule has 4 aromatic heterocycles. The Hall–Kier alpha value is -4.48. The number of carbonyl (C=O) groups excluding carboxylic acids is 1. The number of nitrogens with zero attached hydrogens (tertiary/aromatic N) is 6. The van der Waals surface area contributed by atoms with Crippen LogP contribution in [-0.4, -0.2) is 66.2 Å². The fraction of sp³-hybridized carbons (Fsp3) is 0.457. The fourth-order valence-corrected chi connectivity index (χ4v) is 9.53. The highest BCUT2D eigenvalue weighted by atomic mass is 32.1. The molecule has 3 saturated carbocycles. The molecule has 3 N–H and O–H groups in total. The molecule has 5 heterocycles. The van der Waals surface area contributed by atoms with Crippen LogP contribution in [-0.2, 0) is 19.5 Å². The van der Waals surface area contributed by atoms with E-state index in [-0.39, 0.29) is 27.8 Å². The maximum absolute atomic E-state index is 13.0. The van der Waals surface area contributed by atoms with E-state index >= 15 is 0 Å². The summed E-state index contributed by atoms with van der Waals surface area (Å²) in [6.07, 6.45) is 2.77. The molecule has 1 amide bonds. The molecule has 14 heteroatoms. The number of anilines is 1. The van der Waals surface area contributed by atoms with Crippen LogP contribution in [0, 0.1) is 29.6 Å². The first kappa shape index (κ1) is 31.8. The van der Waals surface area contributed by atoms with Crippen molar-refractivity contribution in [2.75, 3.05) is 18.4 Å². The summed E-state index contributed by atoms with van der Waals surface area (Å²) >= 11 is 1.06. The molecule has 49 heavy (non-hydrogen) atoms. The SMILES string of the molecule is Cc1c(CN2CCC(Nc3ncnc4sc(CC(F)(F)F)cc34)CC2)ccc2c1cc(C#N)n2CC12CC(NC(=O)c3cnc[nH]3)(C1)[C@H]2C. The van der Waals surface area contributed by atoms with Gasteiger partial charge < -0.3 is 20.2 Å². The first-order chi connectivity index (χ1) is 23.5. The van der Waals surface area contributed by atoms with E-state index in [0.717, 1.165) is 74.1 Å². The Morgan fingerprint density at radius 1 is 1.18 bits per heavy atom. The van der Waals surface area contributed by atoms with Crippen molar-refractivity contribution < 1.29 is 18.0 Å². The molecule has 0 spiro atoms. The Labute approximate surface area is 284 Å². The largest absolute Gasteiger partial charge is 0.393 e. The number of amides is 1. The zero-order valence-corrected chi connectivity index (χ0v) is 28.0. The molecule has 0 radical (unpaired) electrons. The summed E-state index contributed by atoms with van der Waals surface area (Å²) in [5.74, 6) is 0.762. The topological polar surface area (TPSA) is 128 Å². The van der Waals surface area contributed by atoms with E-state index in [4.69, 9.17) is 0 Å². The van der Waals surface area contributed by atoms with Gasteiger partial charge in [0.25, 0.3) is 5.91 Å². The average molecular weight is 688 g/mol. The Morgan fingerprint density at radius 3 is 2.67 bits per heavy atom. The van der Waals surface area contributed by atoms with Crippen LogP contribution in [0.4, 0.5) is 19.0 Å². The van der Waals surface area contributed by atoms with Gasteiger partial charge in [-0.2, -0.15) is 18.4 Å². The number of nitriles is 1. The molecule has 1 aliphatic heterocycles. The molecule has 4 fully saturated rings. The van der Waals surface area contributed by atoms with Gasteiger partial charge in [0, 0.05) is 53.5 Å². The van der Waals surface area contributed by atoms with Crippen LogP contribution >= 0.6 is 11.3 Å². The van der Waals surface area contributed by atoms with E-state index in [0.29, 0.717) is 33.3 Å². The first-order valence-corrected chi connectivity index (χ1v) is 17.4. The molecule has 0 unspecified atom stereocenters. The smallest absolute Gasteiger partial charge is 0.367 e. The number of aromatic nitrogens is 5. The molecule has 2 bridgehead atoms. The van der Waals surface area contributed by atoms with Gasteiger partial charge in [-0.3, -0.25) is 9.69 Å². The number of H-pyrrole nitrogens is 1. The number of halogens is 3. The molecule has 1 saturated heterocycles. The predicted molar refractivity (Wildman–Crippen MR) is 180 cm³/mol. The Morgan fingerprint density at radius 2 is 1.98 bits per heavy atom. The number of hydrogen-bond acceptors (Lipinski definition) is 8. The van der Waals surface area contributed by atoms with Gasteiger partial charge in [0.05, 0.1) is 24.3 Å². The van der Waals surface area contributed by atoms with Crippen molar-refractivity contribution in [1.29, 1.82) is 5.26 Å². The van der Waals surface area contributed by atoms with E-state index in [2.05, 4.69) is 72.1 Å². The van der Waals surface area contributed by atoms with E-state index in [1.165, 1.54) is 30.0 Å². The lowest BCUT2D eigenvalue weighted by Gasteiger charge is -2.76. The highest BCUT2D eigenvalue weighted by molar-refractivity contribution is 7.18. The predicted octanol–water partition coefficient (Wildman–Crippen LogP) is 6.33. The highest BCUT2D eigenvalue weighted by Gasteiger charge is 2.74. The summed E-state index contributed by atoms with van der Waals surface area (Å²) in [5, 5.41) is 18.6. The molecule has 254 valence electrons. The lowest BCUT2D eigenvalue weighted by Crippen LogP contribution is -2.81. The van der Waals surface area contributed by atoms with Crippen molar-refractivity contribution in [3.63, 3.8) is 0 Å². The third kappa shape index (κ3) is 5.53. The van der Waals surface area contributed by atoms with Gasteiger partial charge in [0.1, 0.15) is 34.4 Å². The highest BCUT2D eigenvalue weighted by Crippen LogP contribution is 2.72. The second-order valence-electron chi connectivity index (χ2n) is 14.2. The number of carbonyl (C=O) groups is 1. The molecule has 1 aromatic carbocycles. The van der Waals surface area contributed by atoms with Crippen molar-refractivity contribution in [2.45, 2.75) is 76.8 Å². The summed E-state index contributed by atoms with van der Waals surface area (Å²) in [4.78, 5) is 31.3. The van der Waals surface area contributed by atoms with Crippen molar-refractivity contribution in [2.24, 2.45) is 11.3 Å². The number of fused-ring (bicyclic) bond motifs is 2. The Kier molecular flexibility index (Phi) is 7.49. The lowest BCUT2D eigenvalue weighted by atomic mass is 9.33. The molecule has 10 nitrogen and oxygen atoms in total. The summed E-state index contributed by atoms with van der Waals surface area (Å²) in [7, 11) is 0. The second kappa shape index (κ2) is 11.6. The number of thiophene rings is 1. The number of rotatable bonds is 9. The number of benzene rings is 1. The number of aromatic amines is 1. The van der Waals surface area contributed by atoms with Crippen LogP contribution in [0.15, 0.2) is 43.1 Å². The van der Waals surface area contributed by atoms with Crippen LogP contribution < -0.4 is 10.6 Å². The van der Waals surface area contributed by atoms with Crippen molar-refractivity contribution in [3.8, 4) is 6.07 Å². The van der Waals surface area contributed by atoms with Crippen LogP contribution in [0.25, 0.3) is 21.1 Å². The zero-order chi connectivity index (χ0) is 34.1. The number of likely N-dealkylation sites (tertiary alicyclic amines) is 1. The van der Waals surface area contributed by atoms with Gasteiger partial charge in [0.2, 0.25) is 0 Å². The summed E-state index contributed by atoms with van der Waals surface area (Å²) in [6, 6.07) is 10.5. The molecule has 1 atom stereocenters. The summed E-state index contributed by atoms with van der Waals surface area (Å²) in [6.45, 7) is 7.62. The van der Waals surface area contributed by atoms with E-state index in [1.807, 2.05) is 6.07 Å². The zero-order valence-electron chi connectivity index (χ0n) is 27.2. The number of nitrogens with one attached hydrogen (secondary N) is 3. The maximum atomic E-state index is 13.0. The summed E-state index contributed by atoms with van der Waals surface area (Å²) in [5.41, 5.74) is 4.45. The Bertz CT molecular complexity index is 2100. The maximum Gasteiger partial charge on any atom is 0.393 e. The minimum Gasteiger partial charge on any atom is -0.367 e. The number of piperidine rings is 1. The van der Waals surface area contributed by atoms with Gasteiger partial charge in [0.15, 0.2) is 0 Å². The van der Waals surface area contributed by atoms with E-state index in [9.17, 15) is 23.2 Å². The van der Waals surface area contributed by atoms with Gasteiger partial charge in [-0.1, -0.05) is 13.0 Å².